The van der Waals surface area contributed by atoms with Crippen LogP contribution >= 0.6 is 15.9 Å². The number of carbonyl (C=O) groups is 1. The van der Waals surface area contributed by atoms with Crippen LogP contribution in [0.4, 0.5) is 4.39 Å². The molecule has 0 aliphatic rings. The second kappa shape index (κ2) is 5.85. The summed E-state index contributed by atoms with van der Waals surface area (Å²) < 4.78 is 12.9. The van der Waals surface area contributed by atoms with Gasteiger partial charge in [-0.15, -0.1) is 0 Å². The summed E-state index contributed by atoms with van der Waals surface area (Å²) in [6.07, 6.45) is 0.250. The van der Waals surface area contributed by atoms with Gasteiger partial charge in [0, 0.05) is 4.47 Å². The lowest BCUT2D eigenvalue weighted by Crippen LogP contribution is -1.82. The second-order valence-electron chi connectivity index (χ2n) is 1.58. The molecule has 1 amide bonds. The molecule has 0 aliphatic carbocycles. The average molecular weight is 220 g/mol. The number of carbonyl (C=O) groups excluding carboxylic acids is 1. The predicted octanol–water partition coefficient (Wildman–Crippen LogP) is 1.69. The average Bonchev–Trinajstić information content (AvgIpc) is 1.88. The molecule has 0 saturated heterocycles. The van der Waals surface area contributed by atoms with Crippen molar-refractivity contribution in [2.24, 2.45) is 5.73 Å². The number of nitrogens with two attached hydrogens (primary N) is 1. The highest BCUT2D eigenvalue weighted by Gasteiger charge is 1.86. The van der Waals surface area contributed by atoms with Crippen molar-refractivity contribution in [3.8, 4) is 0 Å². The lowest BCUT2D eigenvalue weighted by Gasteiger charge is -1.85. The third-order valence-electron chi connectivity index (χ3n) is 0.787. The minimum absolute atomic E-state index is 0.209. The molecule has 0 aromatic heterocycles. The molecule has 11 heavy (non-hydrogen) atoms. The van der Waals surface area contributed by atoms with Crippen molar-refractivity contribution in [2.45, 2.75) is 0 Å². The fourth-order valence-corrected chi connectivity index (χ4v) is 0.831. The molecule has 2 nitrogen and oxygen atoms in total. The van der Waals surface area contributed by atoms with Gasteiger partial charge >= 0.3 is 0 Å². The first-order chi connectivity index (χ1) is 5.20. The van der Waals surface area contributed by atoms with Crippen LogP contribution in [-0.2, 0) is 4.79 Å². The van der Waals surface area contributed by atoms with Gasteiger partial charge in [-0.05, 0) is 18.2 Å². The van der Waals surface area contributed by atoms with E-state index in [1.807, 2.05) is 0 Å². The molecule has 0 saturated carbocycles. The molecule has 0 radical (unpaired) electrons. The minimum atomic E-state index is -0.209. The van der Waals surface area contributed by atoms with Gasteiger partial charge in [0.2, 0.25) is 6.41 Å². The smallest absolute Gasteiger partial charge is 0.204 e. The van der Waals surface area contributed by atoms with Crippen molar-refractivity contribution < 1.29 is 9.18 Å². The number of halogens is 2. The van der Waals surface area contributed by atoms with E-state index in [1.54, 1.807) is 12.1 Å². The number of amides is 1. The Morgan fingerprint density at radius 3 is 2.36 bits per heavy atom. The zero-order valence-corrected chi connectivity index (χ0v) is 7.21. The molecule has 0 bridgehead atoms. The maximum Gasteiger partial charge on any atom is 0.204 e. The summed E-state index contributed by atoms with van der Waals surface area (Å²) >= 11 is 3.12. The van der Waals surface area contributed by atoms with E-state index in [2.05, 4.69) is 21.7 Å². The van der Waals surface area contributed by atoms with Gasteiger partial charge in [0.1, 0.15) is 5.82 Å². The van der Waals surface area contributed by atoms with Crippen LogP contribution < -0.4 is 5.73 Å². The Balaban J connectivity index is 0.000000292. The number of benzene rings is 1. The van der Waals surface area contributed by atoms with E-state index in [-0.39, 0.29) is 12.2 Å². The molecule has 1 aromatic rings. The molecule has 0 aliphatic heterocycles. The SMILES string of the molecule is Fc1cccc(Br)c1.NC=O. The van der Waals surface area contributed by atoms with Crippen molar-refractivity contribution in [3.05, 3.63) is 34.6 Å². The van der Waals surface area contributed by atoms with Crippen LogP contribution in [0.3, 0.4) is 0 Å². The molecule has 0 unspecified atom stereocenters. The van der Waals surface area contributed by atoms with Crippen LogP contribution in [0.5, 0.6) is 0 Å². The number of hydrogen-bond acceptors (Lipinski definition) is 1. The fourth-order valence-electron chi connectivity index (χ4n) is 0.460. The van der Waals surface area contributed by atoms with E-state index in [4.69, 9.17) is 4.79 Å². The van der Waals surface area contributed by atoms with Gasteiger partial charge in [0.25, 0.3) is 0 Å². The molecular weight excluding hydrogens is 213 g/mol. The van der Waals surface area contributed by atoms with Gasteiger partial charge in [0.15, 0.2) is 0 Å². The van der Waals surface area contributed by atoms with E-state index in [0.29, 0.717) is 0 Å². The van der Waals surface area contributed by atoms with Crippen molar-refractivity contribution in [1.29, 1.82) is 0 Å². The molecule has 1 rings (SSSR count). The van der Waals surface area contributed by atoms with E-state index in [0.717, 1.165) is 4.47 Å². The Labute approximate surface area is 72.3 Å². The zero-order valence-electron chi connectivity index (χ0n) is 5.63. The number of primary amides is 1. The summed E-state index contributed by atoms with van der Waals surface area (Å²) in [6.45, 7) is 0. The molecule has 0 spiro atoms. The highest BCUT2D eigenvalue weighted by molar-refractivity contribution is 9.10. The van der Waals surface area contributed by atoms with E-state index < -0.39 is 0 Å². The van der Waals surface area contributed by atoms with E-state index in [9.17, 15) is 4.39 Å². The molecule has 0 atom stereocenters. The molecular formula is C7H7BrFNO. The van der Waals surface area contributed by atoms with Gasteiger partial charge in [-0.2, -0.15) is 0 Å². The van der Waals surface area contributed by atoms with Crippen molar-refractivity contribution in [1.82, 2.24) is 0 Å². The Bertz CT molecular complexity index is 212. The quantitative estimate of drug-likeness (QED) is 0.664. The summed E-state index contributed by atoms with van der Waals surface area (Å²) in [4.78, 5) is 8.58. The molecule has 4 heteroatoms. The lowest BCUT2D eigenvalue weighted by atomic mass is 10.4. The predicted molar refractivity (Wildman–Crippen MR) is 44.4 cm³/mol. The first-order valence-electron chi connectivity index (χ1n) is 2.77. The zero-order chi connectivity index (χ0) is 8.69. The summed E-state index contributed by atoms with van der Waals surface area (Å²) in [7, 11) is 0. The van der Waals surface area contributed by atoms with E-state index in [1.165, 1.54) is 12.1 Å². The van der Waals surface area contributed by atoms with Crippen LogP contribution in [-0.4, -0.2) is 6.41 Å². The van der Waals surface area contributed by atoms with Gasteiger partial charge in [-0.1, -0.05) is 22.0 Å². The fraction of sp³-hybridized carbons (Fsp3) is 0. The monoisotopic (exact) mass is 219 g/mol. The molecule has 2 N–H and O–H groups in total. The first-order valence-corrected chi connectivity index (χ1v) is 3.56. The normalized spacial score (nSPS) is 7.82. The number of rotatable bonds is 0. The Kier molecular flexibility index (Phi) is 5.37. The highest BCUT2D eigenvalue weighted by atomic mass is 79.9. The summed E-state index contributed by atoms with van der Waals surface area (Å²) in [5.74, 6) is -0.209. The molecule has 0 heterocycles. The first kappa shape index (κ1) is 10.1. The van der Waals surface area contributed by atoms with Crippen LogP contribution in [0.1, 0.15) is 0 Å². The number of hydrogen-bond donors (Lipinski definition) is 1. The molecule has 1 aromatic carbocycles. The van der Waals surface area contributed by atoms with Crippen LogP contribution in [0.25, 0.3) is 0 Å². The van der Waals surface area contributed by atoms with Crippen LogP contribution in [0, 0.1) is 5.82 Å². The third-order valence-corrected chi connectivity index (χ3v) is 1.28. The van der Waals surface area contributed by atoms with Crippen molar-refractivity contribution in [3.63, 3.8) is 0 Å². The lowest BCUT2D eigenvalue weighted by molar-refractivity contribution is -0.106. The Hall–Kier alpha value is -0.900. The van der Waals surface area contributed by atoms with Crippen molar-refractivity contribution >= 4 is 22.3 Å². The van der Waals surface area contributed by atoms with E-state index >= 15 is 0 Å². The minimum Gasteiger partial charge on any atom is -0.372 e. The van der Waals surface area contributed by atoms with Gasteiger partial charge < -0.3 is 5.73 Å². The standard InChI is InChI=1S/C6H4BrF.CH3NO/c7-5-2-1-3-6(8)4-5;2-1-3/h1-4H;1H,(H2,2,3). The Morgan fingerprint density at radius 1 is 1.55 bits per heavy atom. The molecule has 60 valence electrons. The summed E-state index contributed by atoms with van der Waals surface area (Å²) in [5, 5.41) is 0. The van der Waals surface area contributed by atoms with Crippen LogP contribution in [0.2, 0.25) is 0 Å². The highest BCUT2D eigenvalue weighted by Crippen LogP contribution is 2.09. The van der Waals surface area contributed by atoms with Crippen LogP contribution in [0.15, 0.2) is 28.7 Å². The second-order valence-corrected chi connectivity index (χ2v) is 2.49. The molecule has 0 fully saturated rings. The maximum absolute atomic E-state index is 12.1. The van der Waals surface area contributed by atoms with Crippen molar-refractivity contribution in [2.75, 3.05) is 0 Å². The largest absolute Gasteiger partial charge is 0.372 e. The van der Waals surface area contributed by atoms with Gasteiger partial charge in [0.05, 0.1) is 0 Å². The summed E-state index contributed by atoms with van der Waals surface area (Å²) in [6, 6.07) is 6.26. The van der Waals surface area contributed by atoms with Gasteiger partial charge in [-0.25, -0.2) is 4.39 Å². The van der Waals surface area contributed by atoms with Gasteiger partial charge in [-0.3, -0.25) is 4.79 Å². The Morgan fingerprint density at radius 2 is 2.09 bits per heavy atom. The topological polar surface area (TPSA) is 43.1 Å². The maximum atomic E-state index is 12.1. The third kappa shape index (κ3) is 5.54. The summed E-state index contributed by atoms with van der Waals surface area (Å²) in [5.41, 5.74) is 4.17.